The largest absolute Gasteiger partial charge is 0.490 e. The Morgan fingerprint density at radius 3 is 2.31 bits per heavy atom. The summed E-state index contributed by atoms with van der Waals surface area (Å²) in [5.41, 5.74) is 1.95. The van der Waals surface area contributed by atoms with Crippen LogP contribution in [-0.2, 0) is 36.4 Å². The van der Waals surface area contributed by atoms with Crippen LogP contribution in [0.5, 0.6) is 0 Å². The van der Waals surface area contributed by atoms with E-state index < -0.39 is 66.3 Å². The predicted octanol–water partition coefficient (Wildman–Crippen LogP) is -0.962. The fourth-order valence-corrected chi connectivity index (χ4v) is 4.92. The Labute approximate surface area is 160 Å². The lowest BCUT2D eigenvalue weighted by molar-refractivity contribution is -0.120. The maximum atomic E-state index is 14.5. The van der Waals surface area contributed by atoms with Gasteiger partial charge in [-0.1, -0.05) is 0 Å². The maximum Gasteiger partial charge on any atom is 0.490 e. The van der Waals surface area contributed by atoms with E-state index in [9.17, 15) is 37.3 Å². The average Bonchev–Trinajstić information content (AvgIpc) is 2.69. The van der Waals surface area contributed by atoms with Crippen LogP contribution in [0.1, 0.15) is 6.92 Å². The first-order chi connectivity index (χ1) is 12.9. The highest BCUT2D eigenvalue weighted by Gasteiger charge is 2.55. The Morgan fingerprint density at radius 2 is 1.83 bits per heavy atom. The molecule has 0 aliphatic carbocycles. The molecule has 0 spiro atoms. The molecule has 20 heteroatoms. The average molecular weight is 492 g/mol. The highest BCUT2D eigenvalue weighted by atomic mass is 31.3. The van der Waals surface area contributed by atoms with Crippen molar-refractivity contribution in [2.24, 2.45) is 10.7 Å². The zero-order valence-corrected chi connectivity index (χ0v) is 16.9. The van der Waals surface area contributed by atoms with Crippen molar-refractivity contribution in [1.29, 1.82) is 0 Å². The van der Waals surface area contributed by atoms with Gasteiger partial charge in [0.25, 0.3) is 5.91 Å². The van der Waals surface area contributed by atoms with Crippen LogP contribution < -0.4 is 5.73 Å². The molecule has 0 aromatic heterocycles. The van der Waals surface area contributed by atoms with Crippen LogP contribution in [0.3, 0.4) is 0 Å². The minimum Gasteiger partial charge on any atom is -0.387 e. The minimum absolute atomic E-state index is 0.308. The molecule has 7 N–H and O–H groups in total. The summed E-state index contributed by atoms with van der Waals surface area (Å²) in [6.07, 6.45) is -7.81. The van der Waals surface area contributed by atoms with Crippen LogP contribution >= 0.6 is 23.5 Å². The van der Waals surface area contributed by atoms with Gasteiger partial charge in [-0.05, 0) is 6.92 Å². The van der Waals surface area contributed by atoms with Crippen LogP contribution in [0.4, 0.5) is 8.78 Å². The number of hydrogen-bond acceptors (Lipinski definition) is 10. The summed E-state index contributed by atoms with van der Waals surface area (Å²) in [4.78, 5) is 49.0. The molecule has 1 aliphatic rings. The molecule has 170 valence electrons. The molecule has 0 aromatic carbocycles. The highest BCUT2D eigenvalue weighted by molar-refractivity contribution is 7.66. The number of rotatable bonds is 10. The van der Waals surface area contributed by atoms with E-state index >= 15 is 0 Å². The van der Waals surface area contributed by atoms with Gasteiger partial charge in [-0.3, -0.25) is 14.3 Å². The second kappa shape index (κ2) is 9.22. The number of aliphatic hydroxyl groups excluding tert-OH is 1. The minimum atomic E-state index is -5.77. The predicted molar refractivity (Wildman–Crippen MR) is 86.6 cm³/mol. The molecule has 1 saturated heterocycles. The molecule has 1 fully saturated rings. The van der Waals surface area contributed by atoms with Crippen LogP contribution in [0, 0.1) is 0 Å². The van der Waals surface area contributed by atoms with E-state index in [0.717, 1.165) is 6.92 Å². The topological polar surface area (TPSA) is 245 Å². The van der Waals surface area contributed by atoms with Crippen molar-refractivity contribution >= 4 is 35.6 Å². The number of amides is 1. The smallest absolute Gasteiger partial charge is 0.387 e. The maximum absolute atomic E-state index is 14.5. The lowest BCUT2D eigenvalue weighted by Crippen LogP contribution is -2.41. The van der Waals surface area contributed by atoms with Crippen LogP contribution in [0.2, 0.25) is 0 Å². The van der Waals surface area contributed by atoms with Gasteiger partial charge in [-0.2, -0.15) is 8.62 Å². The van der Waals surface area contributed by atoms with E-state index in [0.29, 0.717) is 6.21 Å². The van der Waals surface area contributed by atoms with Gasteiger partial charge in [-0.15, -0.1) is 0 Å². The monoisotopic (exact) mass is 492 g/mol. The molecule has 0 radical (unpaired) electrons. The van der Waals surface area contributed by atoms with Crippen molar-refractivity contribution in [1.82, 2.24) is 0 Å². The number of hydrogen-bond donors (Lipinski definition) is 6. The van der Waals surface area contributed by atoms with Crippen molar-refractivity contribution in [2.75, 3.05) is 6.61 Å². The first-order valence-corrected chi connectivity index (χ1v) is 11.7. The van der Waals surface area contributed by atoms with Gasteiger partial charge >= 0.3 is 23.5 Å². The molecule has 0 aromatic rings. The Morgan fingerprint density at radius 1 is 1.28 bits per heavy atom. The Hall–Kier alpha value is -0.670. The van der Waals surface area contributed by atoms with E-state index in [1.54, 1.807) is 0 Å². The van der Waals surface area contributed by atoms with Gasteiger partial charge in [0.15, 0.2) is 11.9 Å². The third-order valence-electron chi connectivity index (χ3n) is 3.16. The van der Waals surface area contributed by atoms with E-state index in [1.165, 1.54) is 0 Å². The number of ether oxygens (including phenoxy) is 1. The molecule has 1 heterocycles. The first-order valence-electron chi connectivity index (χ1n) is 7.14. The molecule has 15 nitrogen and oxygen atoms in total. The van der Waals surface area contributed by atoms with Gasteiger partial charge in [0.1, 0.15) is 12.2 Å². The number of primary amides is 1. The first kappa shape index (κ1) is 26.4. The summed E-state index contributed by atoms with van der Waals surface area (Å²) in [6, 6.07) is 0. The molecular weight excluding hydrogens is 475 g/mol. The third kappa shape index (κ3) is 8.17. The molecule has 0 saturated carbocycles. The molecular formula is C9H17F2N2O13P3. The van der Waals surface area contributed by atoms with Gasteiger partial charge in [0.2, 0.25) is 6.17 Å². The lowest BCUT2D eigenvalue weighted by Gasteiger charge is -2.21. The Kier molecular flexibility index (Phi) is 8.38. The van der Waals surface area contributed by atoms with Crippen molar-refractivity contribution in [3.05, 3.63) is 0 Å². The quantitative estimate of drug-likeness (QED) is 0.159. The molecule has 1 aliphatic heterocycles. The van der Waals surface area contributed by atoms with Gasteiger partial charge in [0, 0.05) is 6.21 Å². The van der Waals surface area contributed by atoms with Gasteiger partial charge < -0.3 is 35.2 Å². The Bertz CT molecular complexity index is 787. The second-order valence-corrected chi connectivity index (χ2v) is 10.0. The lowest BCUT2D eigenvalue weighted by atomic mass is 9.99. The number of halogens is 2. The highest BCUT2D eigenvalue weighted by Crippen LogP contribution is 2.66. The normalized spacial score (nSPS) is 33.3. The fraction of sp³-hybridized carbons (Fsp3) is 0.778. The fourth-order valence-electron chi connectivity index (χ4n) is 1.89. The van der Waals surface area contributed by atoms with Crippen molar-refractivity contribution < 1.29 is 69.8 Å². The summed E-state index contributed by atoms with van der Waals surface area (Å²) in [7, 11) is -16.9. The third-order valence-corrected chi connectivity index (χ3v) is 6.96. The van der Waals surface area contributed by atoms with Crippen LogP contribution in [-0.4, -0.2) is 73.7 Å². The summed E-state index contributed by atoms with van der Waals surface area (Å²) >= 11 is 0. The number of aliphatic hydroxyl groups is 1. The molecule has 1 rings (SSSR count). The van der Waals surface area contributed by atoms with E-state index in [-0.39, 0.29) is 0 Å². The standard InChI is InChI=1S/C9H17F2N2O13P3/c1-9(11)6(14)5(24-8(9)13-2-4(10)7(12)15)3-23-28(19,20)26-29(21,22)25-27(16,17)18/h2,4-6,8,14H,3H2,1H3,(H2,12,15)(H,19,20)(H,21,22)(H2,16,17,18). The molecule has 7 atom stereocenters. The second-order valence-electron chi connectivity index (χ2n) is 5.61. The summed E-state index contributed by atoms with van der Waals surface area (Å²) in [5.74, 6) is -1.43. The number of carbonyl (C=O) groups excluding carboxylic acids is 1. The van der Waals surface area contributed by atoms with Gasteiger partial charge in [0.05, 0.1) is 6.61 Å². The molecule has 0 bridgehead atoms. The zero-order chi connectivity index (χ0) is 22.8. The molecule has 29 heavy (non-hydrogen) atoms. The summed E-state index contributed by atoms with van der Waals surface area (Å²) < 4.78 is 76.9. The SMILES string of the molecule is CC1(F)C(N=CC(F)C(N)=O)OC(COP(=O)(O)OP(=O)(O)OP(=O)(O)O)C1O. The molecule has 1 amide bonds. The van der Waals surface area contributed by atoms with Crippen molar-refractivity contribution in [3.8, 4) is 0 Å². The van der Waals surface area contributed by atoms with Gasteiger partial charge in [-0.25, -0.2) is 22.5 Å². The summed E-state index contributed by atoms with van der Waals surface area (Å²) in [6.45, 7) is -0.396. The number of alkyl halides is 2. The van der Waals surface area contributed by atoms with E-state index in [2.05, 4.69) is 23.9 Å². The van der Waals surface area contributed by atoms with E-state index in [4.69, 9.17) is 19.4 Å². The number of nitrogens with two attached hydrogens (primary N) is 1. The van der Waals surface area contributed by atoms with Crippen molar-refractivity contribution in [2.45, 2.75) is 37.2 Å². The summed E-state index contributed by atoms with van der Waals surface area (Å²) in [5, 5.41) is 9.86. The number of phosphoric ester groups is 1. The number of phosphoric acid groups is 3. The molecule has 7 unspecified atom stereocenters. The van der Waals surface area contributed by atoms with Crippen LogP contribution in [0.15, 0.2) is 4.99 Å². The Balaban J connectivity index is 2.78. The zero-order valence-electron chi connectivity index (χ0n) is 14.2. The van der Waals surface area contributed by atoms with Crippen molar-refractivity contribution in [3.63, 3.8) is 0 Å². The number of carbonyl (C=O) groups is 1. The number of aliphatic imine (C=N–C) groups is 1. The van der Waals surface area contributed by atoms with Crippen LogP contribution in [0.25, 0.3) is 0 Å². The number of nitrogens with zero attached hydrogens (tertiary/aromatic N) is 1. The van der Waals surface area contributed by atoms with E-state index in [1.807, 2.05) is 0 Å².